The quantitative estimate of drug-likeness (QED) is 0.862. The van der Waals surface area contributed by atoms with E-state index in [1.807, 2.05) is 0 Å². The van der Waals surface area contributed by atoms with Crippen LogP contribution in [0.25, 0.3) is 0 Å². The van der Waals surface area contributed by atoms with Crippen molar-refractivity contribution in [2.24, 2.45) is 17.8 Å². The van der Waals surface area contributed by atoms with Crippen molar-refractivity contribution in [3.05, 3.63) is 52.9 Å². The van der Waals surface area contributed by atoms with Gasteiger partial charge in [-0.1, -0.05) is 36.0 Å². The average Bonchev–Trinajstić information content (AvgIpc) is 3.29. The summed E-state index contributed by atoms with van der Waals surface area (Å²) in [4.78, 5) is 15.1. The van der Waals surface area contributed by atoms with E-state index in [1.165, 1.54) is 12.8 Å². The highest BCUT2D eigenvalue weighted by atomic mass is 16.2. The van der Waals surface area contributed by atoms with E-state index in [4.69, 9.17) is 0 Å². The fraction of sp³-hybridized carbons (Fsp3) is 0.524. The number of nitrogens with zero attached hydrogens (tertiary/aromatic N) is 2. The topological polar surface area (TPSA) is 61.0 Å². The van der Waals surface area contributed by atoms with E-state index in [-0.39, 0.29) is 5.91 Å². The van der Waals surface area contributed by atoms with Gasteiger partial charge in [-0.25, -0.2) is 0 Å². The normalized spacial score (nSPS) is 30.1. The van der Waals surface area contributed by atoms with Crippen LogP contribution in [0, 0.1) is 17.8 Å². The van der Waals surface area contributed by atoms with Gasteiger partial charge in [0.05, 0.1) is 0 Å². The zero-order valence-electron chi connectivity index (χ0n) is 15.1. The van der Waals surface area contributed by atoms with Crippen molar-refractivity contribution in [1.29, 1.82) is 0 Å². The molecule has 1 saturated carbocycles. The molecule has 2 N–H and O–H groups in total. The molecule has 0 aromatic carbocycles. The van der Waals surface area contributed by atoms with Crippen LogP contribution in [0.15, 0.2) is 36.0 Å². The van der Waals surface area contributed by atoms with Crippen LogP contribution in [0.5, 0.6) is 0 Å². The summed E-state index contributed by atoms with van der Waals surface area (Å²) < 4.78 is 0. The summed E-state index contributed by atoms with van der Waals surface area (Å²) in [6, 6.07) is 0. The third-order valence-corrected chi connectivity index (χ3v) is 6.59. The molecular formula is C21H26N4O. The second-order valence-corrected chi connectivity index (χ2v) is 8.11. The smallest absolute Gasteiger partial charge is 0.274 e. The van der Waals surface area contributed by atoms with Gasteiger partial charge in [0.1, 0.15) is 0 Å². The summed E-state index contributed by atoms with van der Waals surface area (Å²) in [5, 5.41) is 10.8. The highest BCUT2D eigenvalue weighted by Crippen LogP contribution is 2.45. The molecule has 5 heteroatoms. The van der Waals surface area contributed by atoms with Crippen molar-refractivity contribution in [2.75, 3.05) is 19.6 Å². The van der Waals surface area contributed by atoms with Crippen LogP contribution in [0.3, 0.4) is 0 Å². The van der Waals surface area contributed by atoms with E-state index in [9.17, 15) is 4.79 Å². The number of likely N-dealkylation sites (tertiary alicyclic amines) is 1. The highest BCUT2D eigenvalue weighted by Gasteiger charge is 2.43. The van der Waals surface area contributed by atoms with Crippen LogP contribution >= 0.6 is 0 Å². The van der Waals surface area contributed by atoms with Crippen molar-refractivity contribution in [3.8, 4) is 0 Å². The lowest BCUT2D eigenvalue weighted by molar-refractivity contribution is 0.0771. The number of nitrogens with one attached hydrogen (secondary N) is 2. The Kier molecular flexibility index (Phi) is 4.04. The van der Waals surface area contributed by atoms with Gasteiger partial charge < -0.3 is 10.2 Å². The number of carbonyl (C=O) groups is 1. The van der Waals surface area contributed by atoms with Crippen LogP contribution in [0.4, 0.5) is 0 Å². The number of hydrogen-bond acceptors (Lipinski definition) is 3. The van der Waals surface area contributed by atoms with Crippen molar-refractivity contribution in [1.82, 2.24) is 20.4 Å². The molecule has 3 heterocycles. The van der Waals surface area contributed by atoms with Crippen LogP contribution in [0.2, 0.25) is 0 Å². The average molecular weight is 350 g/mol. The molecule has 26 heavy (non-hydrogen) atoms. The summed E-state index contributed by atoms with van der Waals surface area (Å²) in [6.45, 7) is 3.51. The zero-order chi connectivity index (χ0) is 17.5. The van der Waals surface area contributed by atoms with Crippen molar-refractivity contribution < 1.29 is 4.79 Å². The van der Waals surface area contributed by atoms with E-state index in [0.717, 1.165) is 50.3 Å². The Morgan fingerprint density at radius 3 is 2.85 bits per heavy atom. The first-order valence-corrected chi connectivity index (χ1v) is 9.88. The molecule has 1 aromatic heterocycles. The number of H-pyrrole nitrogens is 1. The minimum absolute atomic E-state index is 0.122. The predicted molar refractivity (Wildman–Crippen MR) is 101 cm³/mol. The molecule has 1 saturated heterocycles. The highest BCUT2D eigenvalue weighted by molar-refractivity contribution is 5.94. The first-order valence-electron chi connectivity index (χ1n) is 9.88. The number of fused-ring (bicyclic) bond motifs is 2. The van der Waals surface area contributed by atoms with E-state index < -0.39 is 0 Å². The summed E-state index contributed by atoms with van der Waals surface area (Å²) in [6.07, 6.45) is 15.4. The van der Waals surface area contributed by atoms with Crippen molar-refractivity contribution in [3.63, 3.8) is 0 Å². The van der Waals surface area contributed by atoms with E-state index in [0.29, 0.717) is 23.4 Å². The molecule has 2 aliphatic carbocycles. The second kappa shape index (κ2) is 6.54. The predicted octanol–water partition coefficient (Wildman–Crippen LogP) is 2.60. The van der Waals surface area contributed by atoms with Gasteiger partial charge in [0.2, 0.25) is 0 Å². The number of amides is 1. The maximum atomic E-state index is 13.0. The minimum Gasteiger partial charge on any atom is -0.337 e. The number of rotatable bonds is 2. The molecule has 0 spiro atoms. The van der Waals surface area contributed by atoms with Crippen LogP contribution in [0.1, 0.15) is 41.0 Å². The summed E-state index contributed by atoms with van der Waals surface area (Å²) in [5.74, 6) is 2.11. The van der Waals surface area contributed by atoms with Crippen molar-refractivity contribution >= 4 is 5.91 Å². The standard InChI is InChI=1S/C21H26N4O/c26-21(20-18-11-22-8-7-19(18)23-24-20)25-12-16-9-15(10-17(16)13-25)14-5-3-1-2-4-6-14/h1-5,15-17,22H,6-13H2,(H,23,24). The SMILES string of the molecule is O=C(c1n[nH]c2c1CNCC2)N1CC2CC(C3=CC=CC=CC3)CC2C1. The first kappa shape index (κ1) is 16.1. The lowest BCUT2D eigenvalue weighted by Gasteiger charge is -2.20. The van der Waals surface area contributed by atoms with E-state index >= 15 is 0 Å². The minimum atomic E-state index is 0.122. The number of aromatic amines is 1. The number of hydrogen-bond donors (Lipinski definition) is 2. The molecule has 2 aliphatic heterocycles. The number of carbonyl (C=O) groups excluding carboxylic acids is 1. The molecule has 1 aromatic rings. The van der Waals surface area contributed by atoms with Crippen LogP contribution in [-0.4, -0.2) is 40.6 Å². The summed E-state index contributed by atoms with van der Waals surface area (Å²) in [5.41, 5.74) is 4.42. The molecular weight excluding hydrogens is 324 g/mol. The molecule has 0 radical (unpaired) electrons. The lowest BCUT2D eigenvalue weighted by Crippen LogP contribution is -2.32. The Morgan fingerprint density at radius 1 is 1.15 bits per heavy atom. The molecule has 2 fully saturated rings. The fourth-order valence-electron chi connectivity index (χ4n) is 5.22. The summed E-state index contributed by atoms with van der Waals surface area (Å²) >= 11 is 0. The summed E-state index contributed by atoms with van der Waals surface area (Å²) in [7, 11) is 0. The monoisotopic (exact) mass is 350 g/mol. The Labute approximate surface area is 154 Å². The van der Waals surface area contributed by atoms with Gasteiger partial charge in [-0.05, 0) is 37.0 Å². The Bertz CT molecular complexity index is 789. The number of aromatic nitrogens is 2. The molecule has 136 valence electrons. The first-order chi connectivity index (χ1) is 12.8. The van der Waals surface area contributed by atoms with Crippen molar-refractivity contribution in [2.45, 2.75) is 32.2 Å². The molecule has 2 unspecified atom stereocenters. The van der Waals surface area contributed by atoms with Gasteiger partial charge in [0.25, 0.3) is 5.91 Å². The zero-order valence-corrected chi connectivity index (χ0v) is 15.1. The fourth-order valence-corrected chi connectivity index (χ4v) is 5.22. The second-order valence-electron chi connectivity index (χ2n) is 8.11. The third kappa shape index (κ3) is 2.75. The molecule has 0 bridgehead atoms. The van der Waals surface area contributed by atoms with Gasteiger partial charge >= 0.3 is 0 Å². The third-order valence-electron chi connectivity index (χ3n) is 6.59. The van der Waals surface area contributed by atoms with E-state index in [2.05, 4.69) is 50.8 Å². The van der Waals surface area contributed by atoms with Crippen LogP contribution < -0.4 is 5.32 Å². The van der Waals surface area contributed by atoms with Gasteiger partial charge in [0.15, 0.2) is 5.69 Å². The molecule has 5 nitrogen and oxygen atoms in total. The van der Waals surface area contributed by atoms with Gasteiger partial charge in [0, 0.05) is 43.9 Å². The Hall–Kier alpha value is -2.14. The lowest BCUT2D eigenvalue weighted by atomic mass is 9.93. The van der Waals surface area contributed by atoms with Gasteiger partial charge in [-0.3, -0.25) is 9.89 Å². The largest absolute Gasteiger partial charge is 0.337 e. The van der Waals surface area contributed by atoms with Gasteiger partial charge in [-0.15, -0.1) is 0 Å². The molecule has 5 rings (SSSR count). The maximum absolute atomic E-state index is 13.0. The maximum Gasteiger partial charge on any atom is 0.274 e. The molecule has 4 aliphatic rings. The number of allylic oxidation sites excluding steroid dienone is 6. The van der Waals surface area contributed by atoms with Crippen LogP contribution in [-0.2, 0) is 13.0 Å². The molecule has 2 atom stereocenters. The molecule has 1 amide bonds. The Morgan fingerprint density at radius 2 is 2.00 bits per heavy atom. The van der Waals surface area contributed by atoms with E-state index in [1.54, 1.807) is 5.57 Å². The van der Waals surface area contributed by atoms with Gasteiger partial charge in [-0.2, -0.15) is 5.10 Å². The Balaban J connectivity index is 1.26.